The molecule has 1 aromatic heterocycles. The fraction of sp³-hybridized carbons (Fsp3) is 0.222. The molecule has 3 rings (SSSR count). The molecule has 1 heterocycles. The Morgan fingerprint density at radius 3 is 2.74 bits per heavy atom. The standard InChI is InChI=1S/C18H18FN3O/c1-13-6-3-4-9-16(13)23-11-10-22(2)18-17-14(19)7-5-8-15(17)20-12-21-18/h3-9,12H,10-11H2,1-2H3. The number of benzene rings is 2. The molecule has 118 valence electrons. The zero-order valence-electron chi connectivity index (χ0n) is 13.2. The molecule has 5 heteroatoms. The molecule has 3 aromatic rings. The van der Waals surface area contributed by atoms with Crippen LogP contribution < -0.4 is 9.64 Å². The summed E-state index contributed by atoms with van der Waals surface area (Å²) in [6.45, 7) is 3.09. The number of hydrogen-bond donors (Lipinski definition) is 0. The van der Waals surface area contributed by atoms with Gasteiger partial charge in [0.05, 0.1) is 17.4 Å². The van der Waals surface area contributed by atoms with Gasteiger partial charge in [0.1, 0.15) is 30.3 Å². The molecular weight excluding hydrogens is 293 g/mol. The van der Waals surface area contributed by atoms with Crippen LogP contribution in [-0.4, -0.2) is 30.2 Å². The van der Waals surface area contributed by atoms with Gasteiger partial charge in [-0.15, -0.1) is 0 Å². The summed E-state index contributed by atoms with van der Waals surface area (Å²) >= 11 is 0. The van der Waals surface area contributed by atoms with E-state index in [1.807, 2.05) is 43.1 Å². The average Bonchev–Trinajstić information content (AvgIpc) is 2.56. The SMILES string of the molecule is Cc1ccccc1OCCN(C)c1ncnc2cccc(F)c12. The van der Waals surface area contributed by atoms with Crippen molar-refractivity contribution in [3.05, 3.63) is 60.2 Å². The molecule has 0 saturated carbocycles. The molecule has 0 aliphatic rings. The number of rotatable bonds is 5. The molecule has 0 fully saturated rings. The van der Waals surface area contributed by atoms with E-state index in [2.05, 4.69) is 9.97 Å². The van der Waals surface area contributed by atoms with Gasteiger partial charge in [-0.2, -0.15) is 0 Å². The molecule has 4 nitrogen and oxygen atoms in total. The van der Waals surface area contributed by atoms with Crippen molar-refractivity contribution < 1.29 is 9.13 Å². The van der Waals surface area contributed by atoms with Crippen molar-refractivity contribution in [1.82, 2.24) is 9.97 Å². The third-order valence-corrected chi connectivity index (χ3v) is 3.73. The third kappa shape index (κ3) is 3.23. The second kappa shape index (κ2) is 6.60. The van der Waals surface area contributed by atoms with Crippen LogP contribution in [0.1, 0.15) is 5.56 Å². The lowest BCUT2D eigenvalue weighted by atomic mass is 10.2. The van der Waals surface area contributed by atoms with Gasteiger partial charge in [0.15, 0.2) is 0 Å². The Morgan fingerprint density at radius 1 is 1.09 bits per heavy atom. The maximum atomic E-state index is 14.1. The van der Waals surface area contributed by atoms with Crippen molar-refractivity contribution >= 4 is 16.7 Å². The van der Waals surface area contributed by atoms with Crippen LogP contribution in [0.5, 0.6) is 5.75 Å². The van der Waals surface area contributed by atoms with Gasteiger partial charge in [0, 0.05) is 7.05 Å². The third-order valence-electron chi connectivity index (χ3n) is 3.73. The van der Waals surface area contributed by atoms with Crippen molar-refractivity contribution in [2.45, 2.75) is 6.92 Å². The van der Waals surface area contributed by atoms with Crippen LogP contribution in [-0.2, 0) is 0 Å². The van der Waals surface area contributed by atoms with E-state index >= 15 is 0 Å². The Morgan fingerprint density at radius 2 is 1.91 bits per heavy atom. The molecule has 0 radical (unpaired) electrons. The highest BCUT2D eigenvalue weighted by Crippen LogP contribution is 2.24. The summed E-state index contributed by atoms with van der Waals surface area (Å²) in [5.41, 5.74) is 1.69. The molecule has 0 N–H and O–H groups in total. The molecule has 23 heavy (non-hydrogen) atoms. The van der Waals surface area contributed by atoms with Gasteiger partial charge in [-0.1, -0.05) is 24.3 Å². The molecule has 0 bridgehead atoms. The van der Waals surface area contributed by atoms with Gasteiger partial charge in [0.2, 0.25) is 0 Å². The number of aryl methyl sites for hydroxylation is 1. The Kier molecular flexibility index (Phi) is 4.37. The van der Waals surface area contributed by atoms with Crippen LogP contribution in [0.4, 0.5) is 10.2 Å². The van der Waals surface area contributed by atoms with Crippen LogP contribution in [0.2, 0.25) is 0 Å². The second-order valence-electron chi connectivity index (χ2n) is 5.37. The van der Waals surface area contributed by atoms with Gasteiger partial charge in [-0.05, 0) is 30.7 Å². The van der Waals surface area contributed by atoms with Gasteiger partial charge in [-0.25, -0.2) is 14.4 Å². The van der Waals surface area contributed by atoms with Crippen LogP contribution in [0.3, 0.4) is 0 Å². The number of para-hydroxylation sites is 1. The Labute approximate surface area is 134 Å². The Hall–Kier alpha value is -2.69. The van der Waals surface area contributed by atoms with E-state index in [0.29, 0.717) is 29.9 Å². The second-order valence-corrected chi connectivity index (χ2v) is 5.37. The predicted molar refractivity (Wildman–Crippen MR) is 89.4 cm³/mol. The molecule has 0 atom stereocenters. The molecule has 0 aliphatic heterocycles. The fourth-order valence-corrected chi connectivity index (χ4v) is 2.46. The quantitative estimate of drug-likeness (QED) is 0.722. The van der Waals surface area contributed by atoms with Gasteiger partial charge < -0.3 is 9.64 Å². The first-order valence-electron chi connectivity index (χ1n) is 7.45. The lowest BCUT2D eigenvalue weighted by Crippen LogP contribution is -2.25. The largest absolute Gasteiger partial charge is 0.491 e. The zero-order chi connectivity index (χ0) is 16.2. The molecular formula is C18H18FN3O. The Balaban J connectivity index is 1.74. The number of hydrogen-bond acceptors (Lipinski definition) is 4. The summed E-state index contributed by atoms with van der Waals surface area (Å²) in [5.74, 6) is 1.12. The minimum atomic E-state index is -0.315. The predicted octanol–water partition coefficient (Wildman–Crippen LogP) is 3.59. The summed E-state index contributed by atoms with van der Waals surface area (Å²) in [7, 11) is 1.87. The molecule has 0 amide bonds. The van der Waals surface area contributed by atoms with Crippen LogP contribution in [0, 0.1) is 12.7 Å². The minimum Gasteiger partial charge on any atom is -0.491 e. The normalized spacial score (nSPS) is 10.7. The summed E-state index contributed by atoms with van der Waals surface area (Å²) in [5, 5.41) is 0.438. The number of ether oxygens (including phenoxy) is 1. The first kappa shape index (κ1) is 15.2. The summed E-state index contributed by atoms with van der Waals surface area (Å²) in [4.78, 5) is 10.2. The van der Waals surface area contributed by atoms with Gasteiger partial charge in [-0.3, -0.25) is 0 Å². The van der Waals surface area contributed by atoms with Crippen LogP contribution >= 0.6 is 0 Å². The van der Waals surface area contributed by atoms with Crippen molar-refractivity contribution in [2.75, 3.05) is 25.1 Å². The number of anilines is 1. The van der Waals surface area contributed by atoms with E-state index < -0.39 is 0 Å². The van der Waals surface area contributed by atoms with Crippen LogP contribution in [0.15, 0.2) is 48.8 Å². The number of aromatic nitrogens is 2. The first-order valence-corrected chi connectivity index (χ1v) is 7.45. The van der Waals surface area contributed by atoms with Gasteiger partial charge in [0.25, 0.3) is 0 Å². The summed E-state index contributed by atoms with van der Waals surface area (Å²) in [6, 6.07) is 12.7. The van der Waals surface area contributed by atoms with Crippen LogP contribution in [0.25, 0.3) is 10.9 Å². The number of halogens is 1. The minimum absolute atomic E-state index is 0.315. The maximum Gasteiger partial charge on any atom is 0.142 e. The maximum absolute atomic E-state index is 14.1. The molecule has 0 saturated heterocycles. The molecule has 0 unspecified atom stereocenters. The van der Waals surface area contributed by atoms with E-state index in [1.165, 1.54) is 12.4 Å². The smallest absolute Gasteiger partial charge is 0.142 e. The van der Waals surface area contributed by atoms with Crippen molar-refractivity contribution in [2.24, 2.45) is 0 Å². The monoisotopic (exact) mass is 311 g/mol. The highest BCUT2D eigenvalue weighted by Gasteiger charge is 2.12. The Bertz CT molecular complexity index is 817. The van der Waals surface area contributed by atoms with E-state index in [1.54, 1.807) is 12.1 Å². The van der Waals surface area contributed by atoms with E-state index in [-0.39, 0.29) is 5.82 Å². The molecule has 0 aliphatic carbocycles. The zero-order valence-corrected chi connectivity index (χ0v) is 13.2. The van der Waals surface area contributed by atoms with E-state index in [4.69, 9.17) is 4.74 Å². The van der Waals surface area contributed by atoms with Crippen molar-refractivity contribution in [1.29, 1.82) is 0 Å². The van der Waals surface area contributed by atoms with Crippen molar-refractivity contribution in [3.8, 4) is 5.75 Å². The summed E-state index contributed by atoms with van der Waals surface area (Å²) < 4.78 is 19.9. The molecule has 2 aromatic carbocycles. The van der Waals surface area contributed by atoms with Gasteiger partial charge >= 0.3 is 0 Å². The molecule has 0 spiro atoms. The number of fused-ring (bicyclic) bond motifs is 1. The lowest BCUT2D eigenvalue weighted by Gasteiger charge is -2.20. The fourth-order valence-electron chi connectivity index (χ4n) is 2.46. The lowest BCUT2D eigenvalue weighted by molar-refractivity contribution is 0.323. The van der Waals surface area contributed by atoms with E-state index in [0.717, 1.165) is 11.3 Å². The highest BCUT2D eigenvalue weighted by molar-refractivity contribution is 5.89. The first-order chi connectivity index (χ1) is 11.2. The highest BCUT2D eigenvalue weighted by atomic mass is 19.1. The summed E-state index contributed by atoms with van der Waals surface area (Å²) in [6.07, 6.45) is 1.45. The van der Waals surface area contributed by atoms with E-state index in [9.17, 15) is 4.39 Å². The average molecular weight is 311 g/mol. The number of likely N-dealkylation sites (N-methyl/N-ethyl adjacent to an activating group) is 1. The van der Waals surface area contributed by atoms with Crippen molar-refractivity contribution in [3.63, 3.8) is 0 Å². The number of nitrogens with zero attached hydrogens (tertiary/aromatic N) is 3. The topological polar surface area (TPSA) is 38.2 Å².